The molecule has 0 saturated heterocycles. The second-order valence-electron chi connectivity index (χ2n) is 2.67. The second kappa shape index (κ2) is 3.30. The summed E-state index contributed by atoms with van der Waals surface area (Å²) in [6.45, 7) is 2.61. The van der Waals surface area contributed by atoms with Crippen molar-refractivity contribution in [2.24, 2.45) is 0 Å². The number of hydrogen-bond donors (Lipinski definition) is 2. The van der Waals surface area contributed by atoms with Crippen LogP contribution < -0.4 is 5.73 Å². The van der Waals surface area contributed by atoms with Crippen molar-refractivity contribution < 1.29 is 4.79 Å². The Bertz CT molecular complexity index is 280. The molecule has 1 rings (SSSR count). The van der Waals surface area contributed by atoms with Crippen LogP contribution in [0.4, 0.5) is 5.69 Å². The van der Waals surface area contributed by atoms with Gasteiger partial charge in [0.1, 0.15) is 5.69 Å². The molecule has 66 valence electrons. The van der Waals surface area contributed by atoms with E-state index in [9.17, 15) is 4.79 Å². The van der Waals surface area contributed by atoms with Crippen molar-refractivity contribution in [1.29, 1.82) is 0 Å². The Labute approximate surface area is 71.4 Å². The predicted octanol–water partition coefficient (Wildman–Crippen LogP) is 0.689. The van der Waals surface area contributed by atoms with Crippen molar-refractivity contribution >= 4 is 11.6 Å². The van der Waals surface area contributed by atoms with Gasteiger partial charge in [0.25, 0.3) is 5.91 Å². The molecule has 1 amide bonds. The van der Waals surface area contributed by atoms with E-state index in [-0.39, 0.29) is 5.91 Å². The Kier molecular flexibility index (Phi) is 2.38. The molecule has 1 heterocycles. The van der Waals surface area contributed by atoms with Crippen molar-refractivity contribution in [3.8, 4) is 0 Å². The molecule has 0 radical (unpaired) electrons. The van der Waals surface area contributed by atoms with Gasteiger partial charge in [-0.25, -0.2) is 0 Å². The van der Waals surface area contributed by atoms with Crippen molar-refractivity contribution in [2.75, 3.05) is 19.3 Å². The lowest BCUT2D eigenvalue weighted by atomic mass is 10.3. The van der Waals surface area contributed by atoms with Gasteiger partial charge in [-0.1, -0.05) is 0 Å². The van der Waals surface area contributed by atoms with Crippen molar-refractivity contribution in [1.82, 2.24) is 9.88 Å². The normalized spacial score (nSPS) is 9.83. The molecule has 1 aromatic rings. The van der Waals surface area contributed by atoms with E-state index in [0.29, 0.717) is 17.9 Å². The third-order valence-corrected chi connectivity index (χ3v) is 1.76. The molecule has 0 aliphatic heterocycles. The lowest BCUT2D eigenvalue weighted by molar-refractivity contribution is 0.0797. The quantitative estimate of drug-likeness (QED) is 0.680. The highest BCUT2D eigenvalue weighted by Gasteiger charge is 2.10. The molecular weight excluding hydrogens is 154 g/mol. The molecule has 0 spiro atoms. The number of amides is 1. The van der Waals surface area contributed by atoms with Gasteiger partial charge in [0.15, 0.2) is 0 Å². The summed E-state index contributed by atoms with van der Waals surface area (Å²) < 4.78 is 0. The van der Waals surface area contributed by atoms with Crippen LogP contribution in [-0.4, -0.2) is 29.4 Å². The van der Waals surface area contributed by atoms with Gasteiger partial charge in [-0.15, -0.1) is 0 Å². The SMILES string of the molecule is CCN(C)C(=O)c1cc(N)c[nH]1. The van der Waals surface area contributed by atoms with Gasteiger partial charge in [0.2, 0.25) is 0 Å². The standard InChI is InChI=1S/C8H13N3O/c1-3-11(2)8(12)7-4-6(9)5-10-7/h4-5,10H,3,9H2,1-2H3. The van der Waals surface area contributed by atoms with Gasteiger partial charge in [0, 0.05) is 25.5 Å². The molecule has 0 bridgehead atoms. The third kappa shape index (κ3) is 1.58. The molecule has 1 aromatic heterocycles. The number of aromatic amines is 1. The van der Waals surface area contributed by atoms with Crippen LogP contribution in [0.15, 0.2) is 12.3 Å². The zero-order valence-electron chi connectivity index (χ0n) is 7.29. The first-order valence-corrected chi connectivity index (χ1v) is 3.84. The van der Waals surface area contributed by atoms with Crippen molar-refractivity contribution in [2.45, 2.75) is 6.92 Å². The summed E-state index contributed by atoms with van der Waals surface area (Å²) in [4.78, 5) is 15.8. The molecule has 3 N–H and O–H groups in total. The second-order valence-corrected chi connectivity index (χ2v) is 2.67. The highest BCUT2D eigenvalue weighted by molar-refractivity contribution is 5.93. The maximum atomic E-state index is 11.4. The Morgan fingerprint density at radius 3 is 2.83 bits per heavy atom. The molecule has 0 atom stereocenters. The van der Waals surface area contributed by atoms with Crippen LogP contribution in [0.25, 0.3) is 0 Å². The Balaban J connectivity index is 2.78. The Hall–Kier alpha value is -1.45. The molecule has 0 aliphatic carbocycles. The number of nitrogens with one attached hydrogen (secondary N) is 1. The number of aromatic nitrogens is 1. The van der Waals surface area contributed by atoms with E-state index in [1.165, 1.54) is 0 Å². The summed E-state index contributed by atoms with van der Waals surface area (Å²) in [6, 6.07) is 1.63. The lowest BCUT2D eigenvalue weighted by Crippen LogP contribution is -2.26. The summed E-state index contributed by atoms with van der Waals surface area (Å²) in [5, 5.41) is 0. The summed E-state index contributed by atoms with van der Waals surface area (Å²) >= 11 is 0. The van der Waals surface area contributed by atoms with Crippen LogP contribution in [0.3, 0.4) is 0 Å². The van der Waals surface area contributed by atoms with E-state index < -0.39 is 0 Å². The molecule has 4 nitrogen and oxygen atoms in total. The fourth-order valence-corrected chi connectivity index (χ4v) is 0.884. The lowest BCUT2D eigenvalue weighted by Gasteiger charge is -2.12. The summed E-state index contributed by atoms with van der Waals surface area (Å²) in [5.74, 6) is -0.0331. The largest absolute Gasteiger partial charge is 0.397 e. The minimum Gasteiger partial charge on any atom is -0.397 e. The first kappa shape index (κ1) is 8.64. The van der Waals surface area contributed by atoms with E-state index in [4.69, 9.17) is 5.73 Å². The maximum absolute atomic E-state index is 11.4. The van der Waals surface area contributed by atoms with Crippen LogP contribution in [0.5, 0.6) is 0 Å². The van der Waals surface area contributed by atoms with Crippen molar-refractivity contribution in [3.63, 3.8) is 0 Å². The van der Waals surface area contributed by atoms with E-state index >= 15 is 0 Å². The number of carbonyl (C=O) groups excluding carboxylic acids is 1. The minimum atomic E-state index is -0.0331. The van der Waals surface area contributed by atoms with Crippen LogP contribution in [0.2, 0.25) is 0 Å². The van der Waals surface area contributed by atoms with E-state index in [1.54, 1.807) is 24.2 Å². The zero-order chi connectivity index (χ0) is 9.14. The molecule has 0 aromatic carbocycles. The monoisotopic (exact) mass is 167 g/mol. The number of H-pyrrole nitrogens is 1. The van der Waals surface area contributed by atoms with Gasteiger partial charge in [-0.2, -0.15) is 0 Å². The Morgan fingerprint density at radius 2 is 2.42 bits per heavy atom. The highest BCUT2D eigenvalue weighted by atomic mass is 16.2. The zero-order valence-corrected chi connectivity index (χ0v) is 7.29. The number of rotatable bonds is 2. The average molecular weight is 167 g/mol. The maximum Gasteiger partial charge on any atom is 0.270 e. The summed E-state index contributed by atoms with van der Waals surface area (Å²) in [5.41, 5.74) is 6.58. The number of hydrogen-bond acceptors (Lipinski definition) is 2. The van der Waals surface area contributed by atoms with Gasteiger partial charge in [-0.3, -0.25) is 4.79 Å². The number of carbonyl (C=O) groups is 1. The fraction of sp³-hybridized carbons (Fsp3) is 0.375. The van der Waals surface area contributed by atoms with Crippen LogP contribution >= 0.6 is 0 Å². The first-order chi connectivity index (χ1) is 5.65. The van der Waals surface area contributed by atoms with E-state index in [2.05, 4.69) is 4.98 Å². The molecule has 12 heavy (non-hydrogen) atoms. The molecule has 0 unspecified atom stereocenters. The van der Waals surface area contributed by atoms with Crippen LogP contribution in [0, 0.1) is 0 Å². The number of anilines is 1. The number of nitrogens with zero attached hydrogens (tertiary/aromatic N) is 1. The summed E-state index contributed by atoms with van der Waals surface area (Å²) in [6.07, 6.45) is 1.61. The number of nitrogens with two attached hydrogens (primary N) is 1. The average Bonchev–Trinajstić information content (AvgIpc) is 2.49. The van der Waals surface area contributed by atoms with E-state index in [1.807, 2.05) is 6.92 Å². The van der Waals surface area contributed by atoms with Crippen molar-refractivity contribution in [3.05, 3.63) is 18.0 Å². The number of nitrogen functional groups attached to an aromatic ring is 1. The summed E-state index contributed by atoms with van der Waals surface area (Å²) in [7, 11) is 1.75. The van der Waals surface area contributed by atoms with E-state index in [0.717, 1.165) is 0 Å². The molecule has 0 saturated carbocycles. The molecule has 0 aliphatic rings. The van der Waals surface area contributed by atoms with Crippen LogP contribution in [0.1, 0.15) is 17.4 Å². The Morgan fingerprint density at radius 1 is 1.75 bits per heavy atom. The smallest absolute Gasteiger partial charge is 0.270 e. The molecule has 0 fully saturated rings. The third-order valence-electron chi connectivity index (χ3n) is 1.76. The van der Waals surface area contributed by atoms with Gasteiger partial charge < -0.3 is 15.6 Å². The topological polar surface area (TPSA) is 62.1 Å². The molecular formula is C8H13N3O. The van der Waals surface area contributed by atoms with Gasteiger partial charge >= 0.3 is 0 Å². The fourth-order valence-electron chi connectivity index (χ4n) is 0.884. The first-order valence-electron chi connectivity index (χ1n) is 3.84. The van der Waals surface area contributed by atoms with Gasteiger partial charge in [-0.05, 0) is 13.0 Å². The molecule has 4 heteroatoms. The van der Waals surface area contributed by atoms with Gasteiger partial charge in [0.05, 0.1) is 0 Å². The van der Waals surface area contributed by atoms with Crippen LogP contribution in [-0.2, 0) is 0 Å². The predicted molar refractivity (Wildman–Crippen MR) is 47.8 cm³/mol. The minimum absolute atomic E-state index is 0.0331. The highest BCUT2D eigenvalue weighted by Crippen LogP contribution is 2.06.